The van der Waals surface area contributed by atoms with Crippen molar-refractivity contribution in [2.24, 2.45) is 0 Å². The molecule has 31 heavy (non-hydrogen) atoms. The van der Waals surface area contributed by atoms with Crippen molar-refractivity contribution in [3.05, 3.63) is 45.4 Å². The summed E-state index contributed by atoms with van der Waals surface area (Å²) in [6.07, 6.45) is 5.75. The average molecular weight is 427 g/mol. The Balaban J connectivity index is 1.41. The van der Waals surface area contributed by atoms with Gasteiger partial charge in [-0.3, -0.25) is 19.3 Å². The number of hydrogen-bond donors (Lipinski definition) is 1. The van der Waals surface area contributed by atoms with Crippen molar-refractivity contribution in [3.8, 4) is 0 Å². The van der Waals surface area contributed by atoms with Gasteiger partial charge in [-0.15, -0.1) is 0 Å². The zero-order valence-corrected chi connectivity index (χ0v) is 18.3. The van der Waals surface area contributed by atoms with Gasteiger partial charge in [0, 0.05) is 56.5 Å². The van der Waals surface area contributed by atoms with Crippen molar-refractivity contribution in [2.45, 2.75) is 58.4 Å². The smallest absolute Gasteiger partial charge is 0.342 e. The summed E-state index contributed by atoms with van der Waals surface area (Å²) in [4.78, 5) is 45.6. The molecule has 9 nitrogen and oxygen atoms in total. The van der Waals surface area contributed by atoms with E-state index in [1.54, 1.807) is 17.7 Å². The molecule has 1 unspecified atom stereocenters. The van der Waals surface area contributed by atoms with Crippen molar-refractivity contribution in [1.29, 1.82) is 0 Å². The molecule has 0 saturated carbocycles. The van der Waals surface area contributed by atoms with E-state index >= 15 is 0 Å². The van der Waals surface area contributed by atoms with Gasteiger partial charge in [0.2, 0.25) is 5.91 Å². The fourth-order valence-electron chi connectivity index (χ4n) is 4.72. The maximum absolute atomic E-state index is 12.9. The number of rotatable bonds is 5. The minimum absolute atomic E-state index is 0.0171. The van der Waals surface area contributed by atoms with E-state index in [9.17, 15) is 14.4 Å². The molecule has 2 aromatic rings. The SMILES string of the molecule is Cc1cc(C)n(CCC(=O)N2CCCC(c3[nH]ncc3C(=O)N3CCCC3)C2)c(=O)n1. The quantitative estimate of drug-likeness (QED) is 0.782. The fraction of sp³-hybridized carbons (Fsp3) is 0.591. The van der Waals surface area contributed by atoms with Gasteiger partial charge < -0.3 is 9.80 Å². The van der Waals surface area contributed by atoms with Gasteiger partial charge >= 0.3 is 5.69 Å². The van der Waals surface area contributed by atoms with E-state index in [0.717, 1.165) is 50.2 Å². The van der Waals surface area contributed by atoms with Crippen molar-refractivity contribution >= 4 is 11.8 Å². The van der Waals surface area contributed by atoms with Crippen LogP contribution in [-0.2, 0) is 11.3 Å². The summed E-state index contributed by atoms with van der Waals surface area (Å²) < 4.78 is 1.55. The highest BCUT2D eigenvalue weighted by Crippen LogP contribution is 2.29. The van der Waals surface area contributed by atoms with Crippen LogP contribution in [0, 0.1) is 13.8 Å². The second kappa shape index (κ2) is 9.03. The number of nitrogens with zero attached hydrogens (tertiary/aromatic N) is 5. The predicted molar refractivity (Wildman–Crippen MR) is 115 cm³/mol. The molecular weight excluding hydrogens is 396 g/mol. The third-order valence-corrected chi connectivity index (χ3v) is 6.37. The van der Waals surface area contributed by atoms with Gasteiger partial charge in [-0.2, -0.15) is 10.1 Å². The molecule has 2 aromatic heterocycles. The van der Waals surface area contributed by atoms with Crippen molar-refractivity contribution in [2.75, 3.05) is 26.2 Å². The first-order valence-corrected chi connectivity index (χ1v) is 11.1. The maximum Gasteiger partial charge on any atom is 0.347 e. The molecule has 166 valence electrons. The van der Waals surface area contributed by atoms with E-state index in [2.05, 4.69) is 15.2 Å². The standard InChI is InChI=1S/C22H30N6O3/c1-15-12-16(2)28(22(31)24-15)11-7-19(29)27-10-5-6-17(14-27)20-18(13-23-25-20)21(30)26-8-3-4-9-26/h12-13,17H,3-11,14H2,1-2H3,(H,23,25). The molecule has 4 rings (SSSR count). The number of likely N-dealkylation sites (tertiary alicyclic amines) is 2. The van der Waals surface area contributed by atoms with Gasteiger partial charge in [-0.25, -0.2) is 4.79 Å². The summed E-state index contributed by atoms with van der Waals surface area (Å²) in [7, 11) is 0. The number of aryl methyl sites for hydroxylation is 2. The van der Waals surface area contributed by atoms with Crippen molar-refractivity contribution in [3.63, 3.8) is 0 Å². The van der Waals surface area contributed by atoms with Crippen LogP contribution in [0.25, 0.3) is 0 Å². The summed E-state index contributed by atoms with van der Waals surface area (Å²) in [6.45, 7) is 6.81. The van der Waals surface area contributed by atoms with Gasteiger partial charge in [0.15, 0.2) is 0 Å². The lowest BCUT2D eigenvalue weighted by molar-refractivity contribution is -0.132. The van der Waals surface area contributed by atoms with Crippen LogP contribution in [0.3, 0.4) is 0 Å². The van der Waals surface area contributed by atoms with Crippen molar-refractivity contribution in [1.82, 2.24) is 29.5 Å². The van der Waals surface area contributed by atoms with Gasteiger partial charge in [-0.1, -0.05) is 0 Å². The molecule has 2 aliphatic rings. The molecule has 1 N–H and O–H groups in total. The van der Waals surface area contributed by atoms with Crippen LogP contribution >= 0.6 is 0 Å². The van der Waals surface area contributed by atoms with Crippen LogP contribution in [0.15, 0.2) is 17.1 Å². The number of amides is 2. The first-order valence-electron chi connectivity index (χ1n) is 11.1. The number of aromatic nitrogens is 4. The second-order valence-electron chi connectivity index (χ2n) is 8.60. The monoisotopic (exact) mass is 426 g/mol. The van der Waals surface area contributed by atoms with Crippen LogP contribution in [0.4, 0.5) is 0 Å². The molecule has 2 aliphatic heterocycles. The number of H-pyrrole nitrogens is 1. The Morgan fingerprint density at radius 2 is 1.87 bits per heavy atom. The van der Waals surface area contributed by atoms with Crippen LogP contribution in [-0.4, -0.2) is 67.5 Å². The predicted octanol–water partition coefficient (Wildman–Crippen LogP) is 1.62. The van der Waals surface area contributed by atoms with Gasteiger partial charge in [-0.05, 0) is 45.6 Å². The highest BCUT2D eigenvalue weighted by atomic mass is 16.2. The van der Waals surface area contributed by atoms with Crippen LogP contribution in [0.2, 0.25) is 0 Å². The topological polar surface area (TPSA) is 104 Å². The lowest BCUT2D eigenvalue weighted by atomic mass is 9.92. The lowest BCUT2D eigenvalue weighted by Crippen LogP contribution is -2.40. The molecule has 0 radical (unpaired) electrons. The highest BCUT2D eigenvalue weighted by molar-refractivity contribution is 5.95. The lowest BCUT2D eigenvalue weighted by Gasteiger charge is -2.33. The molecule has 2 saturated heterocycles. The number of carbonyl (C=O) groups excluding carboxylic acids is 2. The number of nitrogens with one attached hydrogen (secondary N) is 1. The van der Waals surface area contributed by atoms with E-state index in [1.165, 1.54) is 0 Å². The largest absolute Gasteiger partial charge is 0.347 e. The fourth-order valence-corrected chi connectivity index (χ4v) is 4.72. The third-order valence-electron chi connectivity index (χ3n) is 6.37. The van der Waals surface area contributed by atoms with E-state index in [4.69, 9.17) is 0 Å². The Labute approximate surface area is 181 Å². The molecule has 0 aliphatic carbocycles. The van der Waals surface area contributed by atoms with E-state index < -0.39 is 0 Å². The van der Waals surface area contributed by atoms with Gasteiger partial charge in [0.1, 0.15) is 0 Å². The van der Waals surface area contributed by atoms with Crippen LogP contribution in [0.5, 0.6) is 0 Å². The van der Waals surface area contributed by atoms with Crippen LogP contribution in [0.1, 0.15) is 65.5 Å². The summed E-state index contributed by atoms with van der Waals surface area (Å²) in [5.41, 5.74) is 2.65. The Morgan fingerprint density at radius 3 is 2.61 bits per heavy atom. The first-order chi connectivity index (χ1) is 14.9. The van der Waals surface area contributed by atoms with E-state index in [-0.39, 0.29) is 29.8 Å². The molecule has 1 atom stereocenters. The number of aromatic amines is 1. The Bertz CT molecular complexity index is 1020. The molecule has 4 heterocycles. The average Bonchev–Trinajstić information content (AvgIpc) is 3.44. The maximum atomic E-state index is 12.9. The summed E-state index contributed by atoms with van der Waals surface area (Å²) >= 11 is 0. The molecule has 0 spiro atoms. The van der Waals surface area contributed by atoms with Crippen LogP contribution < -0.4 is 5.69 Å². The Hall–Kier alpha value is -2.97. The molecule has 9 heteroatoms. The molecule has 0 aromatic carbocycles. The molecule has 2 fully saturated rings. The van der Waals surface area contributed by atoms with E-state index in [0.29, 0.717) is 30.9 Å². The first kappa shape index (κ1) is 21.3. The molecular formula is C22H30N6O3. The van der Waals surface area contributed by atoms with Gasteiger partial charge in [0.25, 0.3) is 5.91 Å². The zero-order chi connectivity index (χ0) is 22.0. The number of hydrogen-bond acceptors (Lipinski definition) is 5. The second-order valence-corrected chi connectivity index (χ2v) is 8.60. The molecule has 2 amide bonds. The highest BCUT2D eigenvalue weighted by Gasteiger charge is 2.31. The van der Waals surface area contributed by atoms with Crippen molar-refractivity contribution < 1.29 is 9.59 Å². The third kappa shape index (κ3) is 4.55. The van der Waals surface area contributed by atoms with E-state index in [1.807, 2.05) is 22.8 Å². The minimum Gasteiger partial charge on any atom is -0.342 e. The van der Waals surface area contributed by atoms with Gasteiger partial charge in [0.05, 0.1) is 17.5 Å². The normalized spacial score (nSPS) is 19.1. The number of piperidine rings is 1. The molecule has 0 bridgehead atoms. The summed E-state index contributed by atoms with van der Waals surface area (Å²) in [5.74, 6) is 0.113. The minimum atomic E-state index is -0.315. The summed E-state index contributed by atoms with van der Waals surface area (Å²) in [6, 6.07) is 1.85. The Kier molecular flexibility index (Phi) is 6.20. The summed E-state index contributed by atoms with van der Waals surface area (Å²) in [5, 5.41) is 7.17. The number of carbonyl (C=O) groups is 2. The Morgan fingerprint density at radius 1 is 1.13 bits per heavy atom. The zero-order valence-electron chi connectivity index (χ0n) is 18.3.